The lowest BCUT2D eigenvalue weighted by atomic mass is 10.0. The van der Waals surface area contributed by atoms with E-state index >= 15 is 0 Å². The van der Waals surface area contributed by atoms with Crippen molar-refractivity contribution in [1.29, 1.82) is 0 Å². The number of rotatable bonds is 0. The molecular weight excluding hydrogens is 204 g/mol. The Labute approximate surface area is 101 Å². The second-order valence-corrected chi connectivity index (χ2v) is 3.65. The zero-order valence-corrected chi connectivity index (χ0v) is 11.1. The summed E-state index contributed by atoms with van der Waals surface area (Å²) < 4.78 is 0. The van der Waals surface area contributed by atoms with Crippen molar-refractivity contribution in [3.63, 3.8) is 0 Å². The monoisotopic (exact) mass is 236 g/mol. The van der Waals surface area contributed by atoms with E-state index in [1.807, 2.05) is 13.8 Å². The minimum absolute atomic E-state index is 0. The van der Waals surface area contributed by atoms with E-state index in [-0.39, 0.29) is 11.0 Å². The van der Waals surface area contributed by atoms with E-state index in [1.165, 1.54) is 58.0 Å². The maximum absolute atomic E-state index is 3.17. The van der Waals surface area contributed by atoms with Crippen LogP contribution in [0.15, 0.2) is 0 Å². The number of nitrogens with one attached hydrogen (secondary N) is 2. The molecule has 102 valence electrons. The molecule has 6 N–H and O–H groups in total. The molecule has 1 saturated carbocycles. The number of hydrogen-bond acceptors (Lipinski definition) is 2. The Morgan fingerprint density at radius 1 is 0.562 bits per heavy atom. The molecule has 2 aliphatic rings. The van der Waals surface area contributed by atoms with E-state index in [1.54, 1.807) is 0 Å². The second kappa shape index (κ2) is 20.3. The Kier molecular flexibility index (Phi) is 26.8. The van der Waals surface area contributed by atoms with Crippen LogP contribution in [0.2, 0.25) is 0 Å². The minimum Gasteiger partial charge on any atom is -0.412 e. The van der Waals surface area contributed by atoms with Gasteiger partial charge in [-0.2, -0.15) is 0 Å². The molecule has 4 nitrogen and oxygen atoms in total. The zero-order chi connectivity index (χ0) is 10.5. The van der Waals surface area contributed by atoms with Crippen LogP contribution in [-0.2, 0) is 0 Å². The average molecular weight is 236 g/mol. The molecule has 0 unspecified atom stereocenters. The van der Waals surface area contributed by atoms with Crippen molar-refractivity contribution in [2.45, 2.75) is 58.8 Å². The minimum atomic E-state index is 0. The first-order valence-corrected chi connectivity index (χ1v) is 6.41. The molecule has 1 saturated heterocycles. The van der Waals surface area contributed by atoms with E-state index in [9.17, 15) is 0 Å². The molecule has 0 aromatic carbocycles. The van der Waals surface area contributed by atoms with Gasteiger partial charge in [0, 0.05) is 6.67 Å². The molecular formula is C12H32N2O2. The Hall–Kier alpha value is -0.160. The lowest BCUT2D eigenvalue weighted by Crippen LogP contribution is -2.37. The summed E-state index contributed by atoms with van der Waals surface area (Å²) in [5.41, 5.74) is 0. The van der Waals surface area contributed by atoms with Crippen LogP contribution < -0.4 is 10.6 Å². The smallest absolute Gasteiger partial charge is 0.0454 e. The molecule has 0 amide bonds. The summed E-state index contributed by atoms with van der Waals surface area (Å²) in [4.78, 5) is 0. The fourth-order valence-electron chi connectivity index (χ4n) is 1.66. The Bertz CT molecular complexity index is 60.0. The van der Waals surface area contributed by atoms with Crippen LogP contribution in [0, 0.1) is 0 Å². The largest absolute Gasteiger partial charge is 0.412 e. The van der Waals surface area contributed by atoms with Gasteiger partial charge in [-0.3, -0.25) is 0 Å². The van der Waals surface area contributed by atoms with Gasteiger partial charge < -0.3 is 21.6 Å². The molecule has 0 aromatic heterocycles. The van der Waals surface area contributed by atoms with Crippen LogP contribution in [0.4, 0.5) is 0 Å². The molecule has 0 bridgehead atoms. The van der Waals surface area contributed by atoms with E-state index in [2.05, 4.69) is 10.6 Å². The normalized spacial score (nSPS) is 18.4. The van der Waals surface area contributed by atoms with Crippen LogP contribution in [0.5, 0.6) is 0 Å². The first-order chi connectivity index (χ1) is 7.00. The van der Waals surface area contributed by atoms with Crippen LogP contribution in [0.1, 0.15) is 58.8 Å². The lowest BCUT2D eigenvalue weighted by molar-refractivity contribution is 0.496. The van der Waals surface area contributed by atoms with E-state index in [4.69, 9.17) is 0 Å². The van der Waals surface area contributed by atoms with Gasteiger partial charge in [-0.1, -0.05) is 52.4 Å². The highest BCUT2D eigenvalue weighted by Gasteiger charge is 1.95. The highest BCUT2D eigenvalue weighted by Crippen LogP contribution is 2.15. The molecule has 2 fully saturated rings. The topological polar surface area (TPSA) is 87.1 Å². The third-order valence-corrected chi connectivity index (χ3v) is 2.46. The molecule has 0 aromatic rings. The van der Waals surface area contributed by atoms with Crippen molar-refractivity contribution in [2.24, 2.45) is 0 Å². The van der Waals surface area contributed by atoms with Crippen molar-refractivity contribution >= 4 is 0 Å². The average Bonchev–Trinajstić information content (AvgIpc) is 2.37. The van der Waals surface area contributed by atoms with Crippen LogP contribution in [0.25, 0.3) is 0 Å². The standard InChI is InChI=1S/C6H12.C4H10N2.C2H6.2H2O/c1-2-4-6-5-3-1;1-2-5-4-6-3-1;1-2;;/h1-6H2;5-6H,1-4H2;1-2H3;2*1H2. The third kappa shape index (κ3) is 16.3. The van der Waals surface area contributed by atoms with Crippen LogP contribution in [0.3, 0.4) is 0 Å². The van der Waals surface area contributed by atoms with Gasteiger partial charge in [-0.25, -0.2) is 0 Å². The zero-order valence-electron chi connectivity index (χ0n) is 11.1. The van der Waals surface area contributed by atoms with Crippen molar-refractivity contribution < 1.29 is 11.0 Å². The maximum Gasteiger partial charge on any atom is 0.0454 e. The summed E-state index contributed by atoms with van der Waals surface area (Å²) in [5.74, 6) is 0. The second-order valence-electron chi connectivity index (χ2n) is 3.65. The molecule has 0 radical (unpaired) electrons. The Balaban J connectivity index is -0.000000165. The summed E-state index contributed by atoms with van der Waals surface area (Å²) >= 11 is 0. The van der Waals surface area contributed by atoms with Gasteiger partial charge >= 0.3 is 0 Å². The van der Waals surface area contributed by atoms with Crippen molar-refractivity contribution in [3.8, 4) is 0 Å². The molecule has 0 atom stereocenters. The van der Waals surface area contributed by atoms with E-state index in [0.29, 0.717) is 0 Å². The van der Waals surface area contributed by atoms with Crippen molar-refractivity contribution in [3.05, 3.63) is 0 Å². The van der Waals surface area contributed by atoms with Gasteiger partial charge in [0.2, 0.25) is 0 Å². The van der Waals surface area contributed by atoms with Gasteiger partial charge in [-0.15, -0.1) is 0 Å². The van der Waals surface area contributed by atoms with Crippen molar-refractivity contribution in [2.75, 3.05) is 19.8 Å². The van der Waals surface area contributed by atoms with Gasteiger partial charge in [0.1, 0.15) is 0 Å². The van der Waals surface area contributed by atoms with Crippen molar-refractivity contribution in [1.82, 2.24) is 10.6 Å². The molecule has 1 aliphatic heterocycles. The Morgan fingerprint density at radius 2 is 0.875 bits per heavy atom. The molecule has 1 aliphatic carbocycles. The molecule has 0 spiro atoms. The predicted molar refractivity (Wildman–Crippen MR) is 71.8 cm³/mol. The molecule has 2 rings (SSSR count). The fraction of sp³-hybridized carbons (Fsp3) is 1.00. The van der Waals surface area contributed by atoms with E-state index in [0.717, 1.165) is 6.67 Å². The summed E-state index contributed by atoms with van der Waals surface area (Å²) in [6.07, 6.45) is 10.3. The summed E-state index contributed by atoms with van der Waals surface area (Å²) in [6.45, 7) is 7.38. The highest BCUT2D eigenvalue weighted by atomic mass is 16.0. The third-order valence-electron chi connectivity index (χ3n) is 2.46. The first-order valence-electron chi connectivity index (χ1n) is 6.41. The SMILES string of the molecule is C1CCCCC1.C1CNCNC1.CC.O.O. The Morgan fingerprint density at radius 3 is 1.00 bits per heavy atom. The van der Waals surface area contributed by atoms with Crippen LogP contribution in [-0.4, -0.2) is 30.7 Å². The quantitative estimate of drug-likeness (QED) is 0.663. The highest BCUT2D eigenvalue weighted by molar-refractivity contribution is 4.54. The maximum atomic E-state index is 3.17. The van der Waals surface area contributed by atoms with Gasteiger partial charge in [0.15, 0.2) is 0 Å². The molecule has 4 heteroatoms. The lowest BCUT2D eigenvalue weighted by Gasteiger charge is -2.11. The van der Waals surface area contributed by atoms with Gasteiger partial charge in [-0.05, 0) is 19.5 Å². The number of hydrogen-bond donors (Lipinski definition) is 2. The molecule has 1 heterocycles. The molecule has 16 heavy (non-hydrogen) atoms. The van der Waals surface area contributed by atoms with E-state index < -0.39 is 0 Å². The summed E-state index contributed by atoms with van der Waals surface area (Å²) in [6, 6.07) is 0. The first kappa shape index (κ1) is 21.2. The van der Waals surface area contributed by atoms with Gasteiger partial charge in [0.25, 0.3) is 0 Å². The summed E-state index contributed by atoms with van der Waals surface area (Å²) in [5, 5.41) is 6.35. The van der Waals surface area contributed by atoms with Crippen LogP contribution >= 0.6 is 0 Å². The fourth-order valence-corrected chi connectivity index (χ4v) is 1.66. The predicted octanol–water partition coefficient (Wildman–Crippen LogP) is 1.24. The van der Waals surface area contributed by atoms with Gasteiger partial charge in [0.05, 0.1) is 0 Å². The summed E-state index contributed by atoms with van der Waals surface area (Å²) in [7, 11) is 0.